The minimum absolute atomic E-state index is 0.00235. The molecular formula is C19H20O4S. The van der Waals surface area contributed by atoms with Crippen LogP contribution in [-0.2, 0) is 14.6 Å². The molecule has 24 heavy (non-hydrogen) atoms. The van der Waals surface area contributed by atoms with Gasteiger partial charge in [0, 0.05) is 18.4 Å². The van der Waals surface area contributed by atoms with Crippen molar-refractivity contribution in [2.24, 2.45) is 0 Å². The highest BCUT2D eigenvalue weighted by Crippen LogP contribution is 2.23. The maximum absolute atomic E-state index is 12.9. The number of rotatable bonds is 8. The fourth-order valence-corrected chi connectivity index (χ4v) is 4.17. The zero-order chi connectivity index (χ0) is 17.6. The Kier molecular flexibility index (Phi) is 6.04. The van der Waals surface area contributed by atoms with E-state index in [4.69, 9.17) is 0 Å². The summed E-state index contributed by atoms with van der Waals surface area (Å²) in [4.78, 5) is 24.5. The van der Waals surface area contributed by atoms with E-state index in [0.717, 1.165) is 0 Å². The molecule has 0 heterocycles. The number of benzene rings is 2. The summed E-state index contributed by atoms with van der Waals surface area (Å²) < 4.78 is 25.8. The molecule has 0 aliphatic heterocycles. The van der Waals surface area contributed by atoms with Crippen molar-refractivity contribution in [2.75, 3.05) is 0 Å². The zero-order valence-corrected chi connectivity index (χ0v) is 14.3. The number of carbonyl (C=O) groups excluding carboxylic acids is 2. The van der Waals surface area contributed by atoms with Crippen LogP contribution >= 0.6 is 0 Å². The molecular weight excluding hydrogens is 324 g/mol. The van der Waals surface area contributed by atoms with Gasteiger partial charge in [-0.05, 0) is 18.6 Å². The summed E-state index contributed by atoms with van der Waals surface area (Å²) in [7, 11) is -3.85. The largest absolute Gasteiger partial charge is 0.300 e. The Morgan fingerprint density at radius 2 is 1.46 bits per heavy atom. The van der Waals surface area contributed by atoms with Crippen LogP contribution in [0.4, 0.5) is 0 Å². The summed E-state index contributed by atoms with van der Waals surface area (Å²) in [6.07, 6.45) is 0.404. The zero-order valence-electron chi connectivity index (χ0n) is 13.5. The van der Waals surface area contributed by atoms with Crippen LogP contribution < -0.4 is 0 Å². The monoisotopic (exact) mass is 344 g/mol. The van der Waals surface area contributed by atoms with Gasteiger partial charge < -0.3 is 0 Å². The molecule has 0 radical (unpaired) electrons. The van der Waals surface area contributed by atoms with Crippen LogP contribution in [0.25, 0.3) is 0 Å². The maximum atomic E-state index is 12.9. The lowest BCUT2D eigenvalue weighted by atomic mass is 10.0. The first-order valence-corrected chi connectivity index (χ1v) is 9.41. The average Bonchev–Trinajstić information content (AvgIpc) is 2.62. The van der Waals surface area contributed by atoms with Gasteiger partial charge in [0.2, 0.25) is 0 Å². The first-order valence-electron chi connectivity index (χ1n) is 7.86. The summed E-state index contributed by atoms with van der Waals surface area (Å²) in [5, 5.41) is -1.25. The van der Waals surface area contributed by atoms with Gasteiger partial charge in [0.25, 0.3) is 0 Å². The second-order valence-corrected chi connectivity index (χ2v) is 7.64. The molecule has 2 rings (SSSR count). The van der Waals surface area contributed by atoms with Crippen molar-refractivity contribution in [3.05, 3.63) is 66.2 Å². The van der Waals surface area contributed by atoms with Crippen LogP contribution in [0.1, 0.15) is 36.5 Å². The normalized spacial score (nSPS) is 12.5. The molecule has 0 fully saturated rings. The van der Waals surface area contributed by atoms with Crippen LogP contribution in [0.3, 0.4) is 0 Å². The minimum atomic E-state index is -3.85. The maximum Gasteiger partial charge on any atom is 0.188 e. The summed E-state index contributed by atoms with van der Waals surface area (Å²) in [5.41, 5.74) is 0.339. The van der Waals surface area contributed by atoms with Gasteiger partial charge in [0.15, 0.2) is 15.6 Å². The first kappa shape index (κ1) is 18.1. The van der Waals surface area contributed by atoms with E-state index in [1.54, 1.807) is 55.5 Å². The molecule has 126 valence electrons. The van der Waals surface area contributed by atoms with Gasteiger partial charge in [-0.1, -0.05) is 55.5 Å². The third kappa shape index (κ3) is 4.17. The van der Waals surface area contributed by atoms with Gasteiger partial charge in [-0.3, -0.25) is 9.59 Å². The first-order chi connectivity index (χ1) is 11.5. The molecule has 0 saturated carbocycles. The molecule has 0 aliphatic carbocycles. The van der Waals surface area contributed by atoms with Crippen LogP contribution in [0.15, 0.2) is 65.6 Å². The Hall–Kier alpha value is -2.27. The summed E-state index contributed by atoms with van der Waals surface area (Å²) in [5.74, 6) is -0.521. The molecule has 2 aromatic carbocycles. The van der Waals surface area contributed by atoms with Gasteiger partial charge in [-0.2, -0.15) is 0 Å². The summed E-state index contributed by atoms with van der Waals surface area (Å²) >= 11 is 0. The van der Waals surface area contributed by atoms with Crippen molar-refractivity contribution in [3.63, 3.8) is 0 Å². The lowest BCUT2D eigenvalue weighted by Crippen LogP contribution is -2.31. The Morgan fingerprint density at radius 3 is 2.00 bits per heavy atom. The van der Waals surface area contributed by atoms with Crippen molar-refractivity contribution in [1.29, 1.82) is 0 Å². The predicted octanol–water partition coefficient (Wildman–Crippen LogP) is 3.47. The number of ketones is 2. The molecule has 0 N–H and O–H groups in total. The lowest BCUT2D eigenvalue weighted by molar-refractivity contribution is -0.118. The fourth-order valence-electron chi connectivity index (χ4n) is 2.46. The van der Waals surface area contributed by atoms with E-state index in [0.29, 0.717) is 12.0 Å². The molecule has 0 spiro atoms. The molecule has 4 nitrogen and oxygen atoms in total. The SMILES string of the molecule is CCC(=O)CCC(C(=O)c1ccccc1)S(=O)(=O)c1ccccc1. The van der Waals surface area contributed by atoms with E-state index in [1.807, 2.05) is 0 Å². The smallest absolute Gasteiger partial charge is 0.188 e. The Morgan fingerprint density at radius 1 is 0.917 bits per heavy atom. The molecule has 0 saturated heterocycles. The van der Waals surface area contributed by atoms with E-state index in [9.17, 15) is 18.0 Å². The molecule has 1 atom stereocenters. The Labute approximate surface area is 142 Å². The van der Waals surface area contributed by atoms with E-state index >= 15 is 0 Å². The van der Waals surface area contributed by atoms with Gasteiger partial charge in [0.05, 0.1) is 4.90 Å². The fraction of sp³-hybridized carbons (Fsp3) is 0.263. The number of hydrogen-bond donors (Lipinski definition) is 0. The highest BCUT2D eigenvalue weighted by molar-refractivity contribution is 7.92. The Balaban J connectivity index is 2.39. The molecule has 0 aliphatic rings. The average molecular weight is 344 g/mol. The van der Waals surface area contributed by atoms with E-state index in [1.165, 1.54) is 12.1 Å². The van der Waals surface area contributed by atoms with Gasteiger partial charge in [-0.25, -0.2) is 8.42 Å². The highest BCUT2D eigenvalue weighted by Gasteiger charge is 2.34. The summed E-state index contributed by atoms with van der Waals surface area (Å²) in [6, 6.07) is 16.2. The quantitative estimate of drug-likeness (QED) is 0.688. The van der Waals surface area contributed by atoms with Crippen LogP contribution in [0.2, 0.25) is 0 Å². The molecule has 2 aromatic rings. The van der Waals surface area contributed by atoms with E-state index in [2.05, 4.69) is 0 Å². The second kappa shape index (κ2) is 8.02. The number of carbonyl (C=O) groups is 2. The van der Waals surface area contributed by atoms with Crippen molar-refractivity contribution in [2.45, 2.75) is 36.3 Å². The van der Waals surface area contributed by atoms with Gasteiger partial charge in [0.1, 0.15) is 11.0 Å². The van der Waals surface area contributed by atoms with Crippen molar-refractivity contribution in [3.8, 4) is 0 Å². The number of sulfone groups is 1. The molecule has 1 unspecified atom stereocenters. The number of hydrogen-bond acceptors (Lipinski definition) is 4. The molecule has 0 amide bonds. The highest BCUT2D eigenvalue weighted by atomic mass is 32.2. The molecule has 0 aromatic heterocycles. The molecule has 5 heteroatoms. The third-order valence-electron chi connectivity index (χ3n) is 3.88. The van der Waals surface area contributed by atoms with Crippen molar-refractivity contribution >= 4 is 21.4 Å². The van der Waals surface area contributed by atoms with E-state index < -0.39 is 20.9 Å². The second-order valence-electron chi connectivity index (χ2n) is 5.51. The van der Waals surface area contributed by atoms with Crippen LogP contribution in [0, 0.1) is 0 Å². The summed E-state index contributed by atoms with van der Waals surface area (Å²) in [6.45, 7) is 1.72. The van der Waals surface area contributed by atoms with E-state index in [-0.39, 0.29) is 23.5 Å². The van der Waals surface area contributed by atoms with Crippen molar-refractivity contribution < 1.29 is 18.0 Å². The van der Waals surface area contributed by atoms with Crippen LogP contribution in [0.5, 0.6) is 0 Å². The predicted molar refractivity (Wildman–Crippen MR) is 92.7 cm³/mol. The molecule has 0 bridgehead atoms. The minimum Gasteiger partial charge on any atom is -0.300 e. The standard InChI is InChI=1S/C19H20O4S/c1-2-16(20)13-14-18(19(21)15-9-5-3-6-10-15)24(22,23)17-11-7-4-8-12-17/h3-12,18H,2,13-14H2,1H3. The third-order valence-corrected chi connectivity index (χ3v) is 6.00. The number of Topliss-reactive ketones (excluding diaryl/α,β-unsaturated/α-hetero) is 2. The van der Waals surface area contributed by atoms with Crippen molar-refractivity contribution in [1.82, 2.24) is 0 Å². The van der Waals surface area contributed by atoms with Gasteiger partial charge >= 0.3 is 0 Å². The lowest BCUT2D eigenvalue weighted by Gasteiger charge is -2.16. The Bertz CT molecular complexity index is 796. The van der Waals surface area contributed by atoms with Gasteiger partial charge in [-0.15, -0.1) is 0 Å². The van der Waals surface area contributed by atoms with Crippen LogP contribution in [-0.4, -0.2) is 25.2 Å². The topological polar surface area (TPSA) is 68.3 Å².